The molecular formula is C19H26N2O5. The van der Waals surface area contributed by atoms with Gasteiger partial charge in [-0.25, -0.2) is 4.79 Å². The third-order valence-electron chi connectivity index (χ3n) is 4.81. The zero-order valence-electron chi connectivity index (χ0n) is 15.1. The summed E-state index contributed by atoms with van der Waals surface area (Å²) in [5.41, 5.74) is 1.09. The highest BCUT2D eigenvalue weighted by molar-refractivity contribution is 5.96. The maximum Gasteiger partial charge on any atom is 0.411 e. The van der Waals surface area contributed by atoms with Crippen molar-refractivity contribution in [2.75, 3.05) is 38.7 Å². The van der Waals surface area contributed by atoms with E-state index in [-0.39, 0.29) is 18.1 Å². The van der Waals surface area contributed by atoms with Gasteiger partial charge in [0.05, 0.1) is 25.9 Å². The zero-order chi connectivity index (χ0) is 18.4. The van der Waals surface area contributed by atoms with Crippen molar-refractivity contribution in [2.45, 2.75) is 37.9 Å². The van der Waals surface area contributed by atoms with Crippen molar-refractivity contribution in [2.24, 2.45) is 0 Å². The molecule has 142 valence electrons. The third kappa shape index (κ3) is 4.95. The Hall–Kier alpha value is -2.12. The monoisotopic (exact) mass is 362 g/mol. The molecule has 1 aromatic rings. The average molecular weight is 362 g/mol. The van der Waals surface area contributed by atoms with Crippen molar-refractivity contribution in [3.63, 3.8) is 0 Å². The zero-order valence-corrected chi connectivity index (χ0v) is 15.1. The molecule has 2 heterocycles. The predicted octanol–water partition coefficient (Wildman–Crippen LogP) is 2.67. The number of methoxy groups -OCH3 is 1. The molecule has 2 aliphatic heterocycles. The van der Waals surface area contributed by atoms with Crippen molar-refractivity contribution >= 4 is 17.7 Å². The molecule has 0 spiro atoms. The van der Waals surface area contributed by atoms with E-state index in [9.17, 15) is 9.59 Å². The lowest BCUT2D eigenvalue weighted by molar-refractivity contribution is -0.0395. The van der Waals surface area contributed by atoms with Gasteiger partial charge in [-0.3, -0.25) is 10.1 Å². The maximum absolute atomic E-state index is 12.7. The number of nitrogens with zero attached hydrogens (tertiary/aromatic N) is 1. The minimum absolute atomic E-state index is 0.0314. The first kappa shape index (κ1) is 18.7. The fourth-order valence-corrected chi connectivity index (χ4v) is 3.33. The van der Waals surface area contributed by atoms with Gasteiger partial charge in [0.2, 0.25) is 0 Å². The van der Waals surface area contributed by atoms with E-state index in [1.807, 2.05) is 4.90 Å². The van der Waals surface area contributed by atoms with Gasteiger partial charge in [0.1, 0.15) is 0 Å². The Labute approximate surface area is 153 Å². The summed E-state index contributed by atoms with van der Waals surface area (Å²) in [4.78, 5) is 25.8. The number of hydrogen-bond acceptors (Lipinski definition) is 5. The molecular weight excluding hydrogens is 336 g/mol. The smallest absolute Gasteiger partial charge is 0.411 e. The van der Waals surface area contributed by atoms with E-state index in [1.165, 1.54) is 7.11 Å². The molecule has 0 unspecified atom stereocenters. The summed E-state index contributed by atoms with van der Waals surface area (Å²) in [6.45, 7) is 2.83. The van der Waals surface area contributed by atoms with Gasteiger partial charge >= 0.3 is 6.09 Å². The summed E-state index contributed by atoms with van der Waals surface area (Å²) in [5, 5.41) is 2.58. The Morgan fingerprint density at radius 3 is 2.77 bits per heavy atom. The molecule has 2 fully saturated rings. The molecule has 2 aliphatic rings. The number of carbonyl (C=O) groups excluding carboxylic acids is 2. The van der Waals surface area contributed by atoms with Gasteiger partial charge in [-0.05, 0) is 43.9 Å². The highest BCUT2D eigenvalue weighted by atomic mass is 16.5. The maximum atomic E-state index is 12.7. The van der Waals surface area contributed by atoms with Crippen LogP contribution in [0.25, 0.3) is 0 Å². The lowest BCUT2D eigenvalue weighted by Crippen LogP contribution is -2.41. The molecule has 26 heavy (non-hydrogen) atoms. The van der Waals surface area contributed by atoms with Crippen molar-refractivity contribution < 1.29 is 23.8 Å². The Bertz CT molecular complexity index is 622. The van der Waals surface area contributed by atoms with E-state index >= 15 is 0 Å². The number of anilines is 1. The van der Waals surface area contributed by atoms with Crippen LogP contribution in [0.2, 0.25) is 0 Å². The van der Waals surface area contributed by atoms with Gasteiger partial charge < -0.3 is 19.1 Å². The molecule has 0 aromatic heterocycles. The SMILES string of the molecule is COC(=O)Nc1cccc(C(=O)N2CCC(OC[C@H]3CCCO3)CC2)c1. The van der Waals surface area contributed by atoms with E-state index in [4.69, 9.17) is 9.47 Å². The van der Waals surface area contributed by atoms with E-state index in [0.29, 0.717) is 30.9 Å². The molecule has 1 atom stereocenters. The number of benzene rings is 1. The fourth-order valence-electron chi connectivity index (χ4n) is 3.33. The van der Waals surface area contributed by atoms with Crippen LogP contribution in [0.5, 0.6) is 0 Å². The number of amides is 2. The lowest BCUT2D eigenvalue weighted by Gasteiger charge is -2.32. The Morgan fingerprint density at radius 1 is 1.27 bits per heavy atom. The second-order valence-corrected chi connectivity index (χ2v) is 6.66. The molecule has 1 aromatic carbocycles. The molecule has 0 bridgehead atoms. The molecule has 2 saturated heterocycles. The first-order valence-corrected chi connectivity index (χ1v) is 9.13. The van der Waals surface area contributed by atoms with Crippen molar-refractivity contribution in [3.05, 3.63) is 29.8 Å². The van der Waals surface area contributed by atoms with Crippen LogP contribution in [0.1, 0.15) is 36.0 Å². The van der Waals surface area contributed by atoms with Gasteiger partial charge in [0.25, 0.3) is 5.91 Å². The van der Waals surface area contributed by atoms with Crippen LogP contribution < -0.4 is 5.32 Å². The van der Waals surface area contributed by atoms with Crippen LogP contribution in [0.15, 0.2) is 24.3 Å². The number of piperidine rings is 1. The van der Waals surface area contributed by atoms with Gasteiger partial charge in [-0.2, -0.15) is 0 Å². The topological polar surface area (TPSA) is 77.1 Å². The van der Waals surface area contributed by atoms with E-state index in [0.717, 1.165) is 32.3 Å². The number of likely N-dealkylation sites (tertiary alicyclic amines) is 1. The van der Waals surface area contributed by atoms with Crippen LogP contribution in [0.4, 0.5) is 10.5 Å². The first-order chi connectivity index (χ1) is 12.7. The summed E-state index contributed by atoms with van der Waals surface area (Å²) in [6.07, 6.45) is 3.73. The second-order valence-electron chi connectivity index (χ2n) is 6.66. The number of hydrogen-bond donors (Lipinski definition) is 1. The summed E-state index contributed by atoms with van der Waals surface area (Å²) in [5.74, 6) is -0.0314. The Kier molecular flexibility index (Phi) is 6.46. The van der Waals surface area contributed by atoms with Crippen LogP contribution >= 0.6 is 0 Å². The van der Waals surface area contributed by atoms with Crippen LogP contribution in [-0.4, -0.2) is 62.5 Å². The Morgan fingerprint density at radius 2 is 2.08 bits per heavy atom. The van der Waals surface area contributed by atoms with Crippen molar-refractivity contribution in [1.82, 2.24) is 4.90 Å². The molecule has 1 N–H and O–H groups in total. The number of ether oxygens (including phenoxy) is 3. The number of nitrogens with one attached hydrogen (secondary N) is 1. The molecule has 7 heteroatoms. The summed E-state index contributed by atoms with van der Waals surface area (Å²) >= 11 is 0. The molecule has 3 rings (SSSR count). The highest BCUT2D eigenvalue weighted by Crippen LogP contribution is 2.20. The number of carbonyl (C=O) groups is 2. The molecule has 2 amide bonds. The number of rotatable bonds is 5. The second kappa shape index (κ2) is 9.00. The predicted molar refractivity (Wildman–Crippen MR) is 96.3 cm³/mol. The van der Waals surface area contributed by atoms with E-state index in [2.05, 4.69) is 10.1 Å². The van der Waals surface area contributed by atoms with Gasteiger partial charge in [0.15, 0.2) is 0 Å². The van der Waals surface area contributed by atoms with E-state index in [1.54, 1.807) is 24.3 Å². The molecule has 0 radical (unpaired) electrons. The lowest BCUT2D eigenvalue weighted by atomic mass is 10.1. The molecule has 0 aliphatic carbocycles. The summed E-state index contributed by atoms with van der Waals surface area (Å²) < 4.78 is 16.1. The van der Waals surface area contributed by atoms with Crippen molar-refractivity contribution in [1.29, 1.82) is 0 Å². The molecule has 0 saturated carbocycles. The third-order valence-corrected chi connectivity index (χ3v) is 4.81. The largest absolute Gasteiger partial charge is 0.453 e. The normalized spacial score (nSPS) is 20.8. The standard InChI is InChI=1S/C19H26N2O5/c1-24-19(23)20-15-5-2-4-14(12-15)18(22)21-9-7-16(8-10-21)26-13-17-6-3-11-25-17/h2,4-5,12,16-17H,3,6-11,13H2,1H3,(H,20,23)/t17-/m1/s1. The minimum Gasteiger partial charge on any atom is -0.453 e. The van der Waals surface area contributed by atoms with Crippen LogP contribution in [0, 0.1) is 0 Å². The van der Waals surface area contributed by atoms with Crippen LogP contribution in [0.3, 0.4) is 0 Å². The first-order valence-electron chi connectivity index (χ1n) is 9.13. The molecule has 7 nitrogen and oxygen atoms in total. The quantitative estimate of drug-likeness (QED) is 0.871. The van der Waals surface area contributed by atoms with Gasteiger partial charge in [-0.1, -0.05) is 6.07 Å². The van der Waals surface area contributed by atoms with Gasteiger partial charge in [0, 0.05) is 30.9 Å². The summed E-state index contributed by atoms with van der Waals surface area (Å²) in [7, 11) is 1.30. The van der Waals surface area contributed by atoms with Crippen molar-refractivity contribution in [3.8, 4) is 0 Å². The fraction of sp³-hybridized carbons (Fsp3) is 0.579. The van der Waals surface area contributed by atoms with Gasteiger partial charge in [-0.15, -0.1) is 0 Å². The van der Waals surface area contributed by atoms with Crippen LogP contribution in [-0.2, 0) is 14.2 Å². The highest BCUT2D eigenvalue weighted by Gasteiger charge is 2.25. The van der Waals surface area contributed by atoms with E-state index < -0.39 is 6.09 Å². The Balaban J connectivity index is 1.48. The minimum atomic E-state index is -0.557. The average Bonchev–Trinajstić information content (AvgIpc) is 3.20. The summed E-state index contributed by atoms with van der Waals surface area (Å²) in [6, 6.07) is 6.89.